The Bertz CT molecular complexity index is 1210. The van der Waals surface area contributed by atoms with Gasteiger partial charge in [0.25, 0.3) is 0 Å². The van der Waals surface area contributed by atoms with Gasteiger partial charge in [-0.05, 0) is 54.9 Å². The van der Waals surface area contributed by atoms with Crippen molar-refractivity contribution in [2.24, 2.45) is 0 Å². The molecule has 5 heterocycles. The van der Waals surface area contributed by atoms with Crippen LogP contribution >= 0.6 is 22.7 Å². The van der Waals surface area contributed by atoms with Crippen LogP contribution in [0.5, 0.6) is 0 Å². The number of nitrogens with zero attached hydrogens (tertiary/aromatic N) is 2. The molecule has 142 valence electrons. The average Bonchev–Trinajstić information content (AvgIpc) is 3.39. The second kappa shape index (κ2) is 5.88. The molecule has 0 aliphatic carbocycles. The van der Waals surface area contributed by atoms with Crippen LogP contribution in [0.15, 0.2) is 46.3 Å². The van der Waals surface area contributed by atoms with Gasteiger partial charge in [-0.3, -0.25) is 0 Å². The van der Waals surface area contributed by atoms with Gasteiger partial charge < -0.3 is 17.6 Å². The molecule has 0 N–H and O–H groups in total. The van der Waals surface area contributed by atoms with Gasteiger partial charge in [-0.1, -0.05) is 12.1 Å². The predicted octanol–water partition coefficient (Wildman–Crippen LogP) is 6.43. The predicted molar refractivity (Wildman–Crippen MR) is 116 cm³/mol. The lowest BCUT2D eigenvalue weighted by Gasteiger charge is -2.30. The fourth-order valence-electron chi connectivity index (χ4n) is 4.50. The van der Waals surface area contributed by atoms with Crippen LogP contribution in [0.3, 0.4) is 0 Å². The third kappa shape index (κ3) is 2.14. The zero-order valence-electron chi connectivity index (χ0n) is 16.1. The number of thiophene rings is 2. The van der Waals surface area contributed by atoms with E-state index in [0.29, 0.717) is 22.8 Å². The topological polar surface area (TPSA) is 7.94 Å². The summed E-state index contributed by atoms with van der Waals surface area (Å²) in [7, 11) is 0. The third-order valence-corrected chi connectivity index (χ3v) is 7.79. The molecule has 0 spiro atoms. The van der Waals surface area contributed by atoms with E-state index in [4.69, 9.17) is 0 Å². The first-order valence-corrected chi connectivity index (χ1v) is 11.0. The molecule has 0 unspecified atom stereocenters. The fourth-order valence-corrected chi connectivity index (χ4v) is 6.18. The second-order valence-corrected chi connectivity index (χ2v) is 9.26. The van der Waals surface area contributed by atoms with Crippen molar-refractivity contribution in [3.8, 4) is 10.4 Å². The van der Waals surface area contributed by atoms with Crippen LogP contribution < -0.4 is 0 Å². The van der Waals surface area contributed by atoms with Crippen molar-refractivity contribution >= 4 is 47.0 Å². The van der Waals surface area contributed by atoms with Crippen LogP contribution in [-0.2, 0) is 0 Å². The number of hydrogen-bond acceptors (Lipinski definition) is 2. The van der Waals surface area contributed by atoms with Gasteiger partial charge in [-0.25, -0.2) is 0 Å². The van der Waals surface area contributed by atoms with Gasteiger partial charge in [-0.15, -0.1) is 22.7 Å². The molecule has 3 aromatic heterocycles. The Hall–Kier alpha value is -2.25. The van der Waals surface area contributed by atoms with Crippen LogP contribution in [0.4, 0.5) is 8.63 Å². The van der Waals surface area contributed by atoms with Gasteiger partial charge >= 0.3 is 6.97 Å². The Labute approximate surface area is 170 Å². The SMILES string of the molecule is CC1=C(c2cccs2)C2=Cc3c(-c4cccs4)c(C)c(C)n3[B-](F)(F)[N+]2=C1C. The Morgan fingerprint density at radius 2 is 1.61 bits per heavy atom. The molecule has 3 aromatic rings. The smallest absolute Gasteiger partial charge is 0.393 e. The molecule has 2 aliphatic rings. The van der Waals surface area contributed by atoms with E-state index in [0.717, 1.165) is 32.0 Å². The molecule has 0 aromatic carbocycles. The van der Waals surface area contributed by atoms with E-state index in [1.807, 2.05) is 54.9 Å². The Balaban J connectivity index is 1.87. The average molecular weight is 412 g/mol. The summed E-state index contributed by atoms with van der Waals surface area (Å²) in [5.41, 5.74) is 6.20. The van der Waals surface area contributed by atoms with E-state index in [-0.39, 0.29) is 0 Å². The van der Waals surface area contributed by atoms with E-state index in [1.165, 1.54) is 8.96 Å². The number of halogens is 2. The van der Waals surface area contributed by atoms with E-state index in [1.54, 1.807) is 36.5 Å². The van der Waals surface area contributed by atoms with Gasteiger partial charge in [0.2, 0.25) is 0 Å². The fraction of sp³-hybridized carbons (Fsp3) is 0.190. The van der Waals surface area contributed by atoms with Gasteiger partial charge in [0, 0.05) is 39.6 Å². The molecule has 0 amide bonds. The van der Waals surface area contributed by atoms with Crippen molar-refractivity contribution in [1.29, 1.82) is 0 Å². The maximum absolute atomic E-state index is 16.0. The maximum Gasteiger partial charge on any atom is 0.737 e. The Morgan fingerprint density at radius 1 is 0.964 bits per heavy atom. The van der Waals surface area contributed by atoms with E-state index < -0.39 is 6.97 Å². The van der Waals surface area contributed by atoms with Crippen LogP contribution in [0.2, 0.25) is 0 Å². The van der Waals surface area contributed by atoms with Gasteiger partial charge in [0.15, 0.2) is 5.70 Å². The zero-order chi connectivity index (χ0) is 19.8. The monoisotopic (exact) mass is 412 g/mol. The quantitative estimate of drug-likeness (QED) is 0.429. The van der Waals surface area contributed by atoms with Gasteiger partial charge in [0.05, 0.1) is 5.57 Å². The summed E-state index contributed by atoms with van der Waals surface area (Å²) >= 11 is 3.18. The first-order chi connectivity index (χ1) is 13.3. The van der Waals surface area contributed by atoms with E-state index in [9.17, 15) is 0 Å². The van der Waals surface area contributed by atoms with Crippen molar-refractivity contribution in [2.45, 2.75) is 27.7 Å². The van der Waals surface area contributed by atoms with Crippen molar-refractivity contribution in [3.63, 3.8) is 0 Å². The highest BCUT2D eigenvalue weighted by molar-refractivity contribution is 7.13. The normalized spacial score (nSPS) is 17.9. The minimum atomic E-state index is -3.97. The van der Waals surface area contributed by atoms with Crippen LogP contribution in [0.25, 0.3) is 22.1 Å². The number of aromatic nitrogens is 1. The highest BCUT2D eigenvalue weighted by Crippen LogP contribution is 2.46. The summed E-state index contributed by atoms with van der Waals surface area (Å²) in [6.07, 6.45) is 1.96. The molecule has 5 rings (SSSR count). The first kappa shape index (κ1) is 17.8. The van der Waals surface area contributed by atoms with Crippen LogP contribution in [0.1, 0.15) is 35.7 Å². The molecule has 0 saturated heterocycles. The number of fused-ring (bicyclic) bond motifs is 2. The standard InChI is InChI=1S/C21H19BF2N2S2/c1-12-14(3)25-16(20(12)18-7-5-9-27-18)11-17-21(19-8-6-10-28-19)13(2)15(4)26(17)22(25,23)24/h5-11H,1-4H3. The molecule has 7 heteroatoms. The lowest BCUT2D eigenvalue weighted by atomic mass is 9.89. The second-order valence-electron chi connectivity index (χ2n) is 7.37. The van der Waals surface area contributed by atoms with Crippen molar-refractivity contribution in [3.05, 3.63) is 68.1 Å². The molecular formula is C21H19BF2N2S2. The minimum Gasteiger partial charge on any atom is -0.393 e. The maximum atomic E-state index is 16.0. The lowest BCUT2D eigenvalue weighted by molar-refractivity contribution is -0.359. The van der Waals surface area contributed by atoms with Crippen LogP contribution in [0, 0.1) is 13.8 Å². The first-order valence-electron chi connectivity index (χ1n) is 9.21. The van der Waals surface area contributed by atoms with Gasteiger partial charge in [-0.2, -0.15) is 0 Å². The van der Waals surface area contributed by atoms with Crippen molar-refractivity contribution < 1.29 is 13.1 Å². The molecule has 2 nitrogen and oxygen atoms in total. The number of hydrogen-bond donors (Lipinski definition) is 0. The molecule has 0 radical (unpaired) electrons. The molecule has 0 atom stereocenters. The van der Waals surface area contributed by atoms with Crippen LogP contribution in [-0.4, -0.2) is 21.6 Å². The Kier molecular flexibility index (Phi) is 3.74. The number of rotatable bonds is 2. The largest absolute Gasteiger partial charge is 0.737 e. The molecule has 28 heavy (non-hydrogen) atoms. The Morgan fingerprint density at radius 3 is 2.21 bits per heavy atom. The molecule has 0 bridgehead atoms. The highest BCUT2D eigenvalue weighted by Gasteiger charge is 2.55. The summed E-state index contributed by atoms with van der Waals surface area (Å²) in [6.45, 7) is 3.53. The summed E-state index contributed by atoms with van der Waals surface area (Å²) in [5, 5.41) is 3.99. The summed E-state index contributed by atoms with van der Waals surface area (Å²) in [5.74, 6) is 0. The minimum absolute atomic E-state index is 0.616. The lowest BCUT2D eigenvalue weighted by Crippen LogP contribution is -2.50. The summed E-state index contributed by atoms with van der Waals surface area (Å²) < 4.78 is 34.4. The molecule has 0 fully saturated rings. The third-order valence-electron chi connectivity index (χ3n) is 6.02. The zero-order valence-corrected chi connectivity index (χ0v) is 17.7. The van der Waals surface area contributed by atoms with Crippen molar-refractivity contribution in [1.82, 2.24) is 4.48 Å². The summed E-state index contributed by atoms with van der Waals surface area (Å²) in [6, 6.07) is 7.96. The highest BCUT2D eigenvalue weighted by atomic mass is 32.1. The van der Waals surface area contributed by atoms with E-state index >= 15 is 8.63 Å². The van der Waals surface area contributed by atoms with E-state index in [2.05, 4.69) is 0 Å². The molecule has 2 aliphatic heterocycles. The number of allylic oxidation sites excluding steroid dienone is 2. The molecular weight excluding hydrogens is 393 g/mol. The molecule has 0 saturated carbocycles. The van der Waals surface area contributed by atoms with Crippen molar-refractivity contribution in [2.75, 3.05) is 0 Å². The summed E-state index contributed by atoms with van der Waals surface area (Å²) in [4.78, 5) is 2.06. The van der Waals surface area contributed by atoms with Gasteiger partial charge in [0.1, 0.15) is 5.71 Å².